The maximum atomic E-state index is 12.5. The fourth-order valence-electron chi connectivity index (χ4n) is 3.01. The highest BCUT2D eigenvalue weighted by Gasteiger charge is 2.35. The minimum absolute atomic E-state index is 0.250. The predicted octanol–water partition coefficient (Wildman–Crippen LogP) is 3.41. The summed E-state index contributed by atoms with van der Waals surface area (Å²) in [5.74, 6) is -0.321. The Morgan fingerprint density at radius 2 is 2.04 bits per heavy atom. The normalized spacial score (nSPS) is 20.8. The number of nitrogens with zero attached hydrogens (tertiary/aromatic N) is 2. The van der Waals surface area contributed by atoms with Gasteiger partial charge in [0.2, 0.25) is 0 Å². The van der Waals surface area contributed by atoms with Gasteiger partial charge < -0.3 is 14.4 Å². The molecule has 1 aromatic carbocycles. The second kappa shape index (κ2) is 6.06. The molecule has 1 aromatic heterocycles. The number of anilines is 1. The lowest BCUT2D eigenvalue weighted by molar-refractivity contribution is 0.00717. The quantitative estimate of drug-likeness (QED) is 0.808. The van der Waals surface area contributed by atoms with Crippen LogP contribution >= 0.6 is 0 Å². The largest absolute Gasteiger partial charge is 0.456 e. The first-order chi connectivity index (χ1) is 11.3. The number of ether oxygens (including phenoxy) is 2. The molecule has 24 heavy (non-hydrogen) atoms. The van der Waals surface area contributed by atoms with E-state index in [0.29, 0.717) is 11.6 Å². The van der Waals surface area contributed by atoms with E-state index >= 15 is 0 Å². The Hall–Kier alpha value is -2.14. The van der Waals surface area contributed by atoms with Gasteiger partial charge in [-0.05, 0) is 52.0 Å². The molecule has 0 saturated carbocycles. The summed E-state index contributed by atoms with van der Waals surface area (Å²) in [6.45, 7) is 8.59. The number of pyridine rings is 1. The number of methoxy groups -OCH3 is 1. The van der Waals surface area contributed by atoms with Gasteiger partial charge in [-0.3, -0.25) is 4.98 Å². The first-order valence-electron chi connectivity index (χ1n) is 8.22. The minimum Gasteiger partial charge on any atom is -0.456 e. The summed E-state index contributed by atoms with van der Waals surface area (Å²) in [6.07, 6.45) is 1.90. The molecule has 2 atom stereocenters. The molecule has 0 radical (unpaired) electrons. The molecule has 1 fully saturated rings. The highest BCUT2D eigenvalue weighted by atomic mass is 16.6. The lowest BCUT2D eigenvalue weighted by atomic mass is 9.98. The third-order valence-electron chi connectivity index (χ3n) is 4.38. The molecule has 0 aliphatic carbocycles. The second-order valence-electron chi connectivity index (χ2n) is 7.23. The van der Waals surface area contributed by atoms with Gasteiger partial charge in [-0.1, -0.05) is 0 Å². The van der Waals surface area contributed by atoms with Gasteiger partial charge >= 0.3 is 5.97 Å². The number of carbonyl (C=O) groups is 1. The summed E-state index contributed by atoms with van der Waals surface area (Å²) in [5, 5.41) is 0.817. The van der Waals surface area contributed by atoms with Gasteiger partial charge in [0.15, 0.2) is 0 Å². The van der Waals surface area contributed by atoms with Crippen molar-refractivity contribution in [3.63, 3.8) is 0 Å². The summed E-state index contributed by atoms with van der Waals surface area (Å²) < 4.78 is 11.0. The van der Waals surface area contributed by atoms with Crippen molar-refractivity contribution in [1.29, 1.82) is 0 Å². The van der Waals surface area contributed by atoms with Crippen LogP contribution in [0.3, 0.4) is 0 Å². The molecule has 0 bridgehead atoms. The predicted molar refractivity (Wildman–Crippen MR) is 94.5 cm³/mol. The molecule has 128 valence electrons. The average molecular weight is 328 g/mol. The average Bonchev–Trinajstić information content (AvgIpc) is 2.51. The molecule has 3 rings (SSSR count). The Bertz CT molecular complexity index is 767. The maximum absolute atomic E-state index is 12.5. The van der Waals surface area contributed by atoms with Gasteiger partial charge in [0.25, 0.3) is 0 Å². The van der Waals surface area contributed by atoms with Crippen molar-refractivity contribution >= 4 is 22.6 Å². The van der Waals surface area contributed by atoms with E-state index in [0.717, 1.165) is 23.1 Å². The second-order valence-corrected chi connectivity index (χ2v) is 7.23. The van der Waals surface area contributed by atoms with E-state index in [2.05, 4.69) is 16.8 Å². The van der Waals surface area contributed by atoms with Gasteiger partial charge in [-0.2, -0.15) is 0 Å². The van der Waals surface area contributed by atoms with Crippen LogP contribution < -0.4 is 4.90 Å². The Labute approximate surface area is 142 Å². The summed E-state index contributed by atoms with van der Waals surface area (Å²) in [5.41, 5.74) is 1.88. The molecule has 5 heteroatoms. The number of fused-ring (bicyclic) bond motifs is 1. The van der Waals surface area contributed by atoms with Crippen LogP contribution in [0.25, 0.3) is 10.9 Å². The highest BCUT2D eigenvalue weighted by molar-refractivity contribution is 6.04. The lowest BCUT2D eigenvalue weighted by Gasteiger charge is -2.47. The van der Waals surface area contributed by atoms with Crippen LogP contribution in [-0.2, 0) is 9.47 Å². The van der Waals surface area contributed by atoms with E-state index < -0.39 is 5.60 Å². The summed E-state index contributed by atoms with van der Waals surface area (Å²) in [4.78, 5) is 19.1. The van der Waals surface area contributed by atoms with E-state index in [-0.39, 0.29) is 12.1 Å². The fraction of sp³-hybridized carbons (Fsp3) is 0.474. The van der Waals surface area contributed by atoms with Crippen molar-refractivity contribution in [3.05, 3.63) is 36.0 Å². The number of hydrogen-bond donors (Lipinski definition) is 0. The number of benzene rings is 1. The van der Waals surface area contributed by atoms with Crippen molar-refractivity contribution in [2.24, 2.45) is 0 Å². The van der Waals surface area contributed by atoms with Crippen LogP contribution in [0.2, 0.25) is 0 Å². The molecule has 1 unspecified atom stereocenters. The van der Waals surface area contributed by atoms with E-state index in [1.54, 1.807) is 19.4 Å². The molecule has 5 nitrogen and oxygen atoms in total. The van der Waals surface area contributed by atoms with Crippen molar-refractivity contribution in [2.75, 3.05) is 18.6 Å². The Balaban J connectivity index is 1.96. The van der Waals surface area contributed by atoms with Gasteiger partial charge in [-0.15, -0.1) is 0 Å². The van der Waals surface area contributed by atoms with Gasteiger partial charge in [0, 0.05) is 30.9 Å². The van der Waals surface area contributed by atoms with Gasteiger partial charge in [-0.25, -0.2) is 4.79 Å². The third kappa shape index (κ3) is 3.08. The molecular formula is C19H24N2O3. The summed E-state index contributed by atoms with van der Waals surface area (Å²) >= 11 is 0. The van der Waals surface area contributed by atoms with Crippen molar-refractivity contribution in [3.8, 4) is 0 Å². The SMILES string of the molecule is COC1CN(c2ccc3nccc(C(=O)OC(C)(C)C)c3c2)[C@H]1C. The Morgan fingerprint density at radius 3 is 2.67 bits per heavy atom. The van der Waals surface area contributed by atoms with Gasteiger partial charge in [0.1, 0.15) is 5.60 Å². The fourth-order valence-corrected chi connectivity index (χ4v) is 3.01. The standard InChI is InChI=1S/C19H24N2O3/c1-12-17(23-5)11-21(12)13-6-7-16-15(10-13)14(8-9-20-16)18(22)24-19(2,3)4/h6-10,12,17H,11H2,1-5H3/t12-,17?/m0/s1. The Morgan fingerprint density at radius 1 is 1.29 bits per heavy atom. The molecule has 0 N–H and O–H groups in total. The van der Waals surface area contributed by atoms with Crippen LogP contribution in [0.15, 0.2) is 30.5 Å². The van der Waals surface area contributed by atoms with Crippen molar-refractivity contribution < 1.29 is 14.3 Å². The van der Waals surface area contributed by atoms with E-state index in [1.807, 2.05) is 39.0 Å². The van der Waals surface area contributed by atoms with Crippen LogP contribution in [0.5, 0.6) is 0 Å². The van der Waals surface area contributed by atoms with Crippen LogP contribution in [0, 0.1) is 0 Å². The zero-order chi connectivity index (χ0) is 17.5. The monoisotopic (exact) mass is 328 g/mol. The van der Waals surface area contributed by atoms with E-state index in [9.17, 15) is 4.79 Å². The smallest absolute Gasteiger partial charge is 0.339 e. The lowest BCUT2D eigenvalue weighted by Crippen LogP contribution is -2.59. The molecule has 2 aromatic rings. The molecule has 1 aliphatic rings. The number of hydrogen-bond acceptors (Lipinski definition) is 5. The number of carbonyl (C=O) groups excluding carboxylic acids is 1. The highest BCUT2D eigenvalue weighted by Crippen LogP contribution is 2.31. The number of rotatable bonds is 3. The van der Waals surface area contributed by atoms with Gasteiger partial charge in [0.05, 0.1) is 23.2 Å². The van der Waals surface area contributed by atoms with E-state index in [4.69, 9.17) is 9.47 Å². The summed E-state index contributed by atoms with van der Waals surface area (Å²) in [6, 6.07) is 8.04. The van der Waals surface area contributed by atoms with Crippen LogP contribution in [-0.4, -0.2) is 42.4 Å². The minimum atomic E-state index is -0.526. The molecular weight excluding hydrogens is 304 g/mol. The van der Waals surface area contributed by atoms with Crippen LogP contribution in [0.1, 0.15) is 38.1 Å². The molecule has 1 aliphatic heterocycles. The third-order valence-corrected chi connectivity index (χ3v) is 4.38. The number of aromatic nitrogens is 1. The molecule has 1 saturated heterocycles. The number of esters is 1. The zero-order valence-corrected chi connectivity index (χ0v) is 14.9. The first kappa shape index (κ1) is 16.7. The molecule has 0 amide bonds. The first-order valence-corrected chi connectivity index (χ1v) is 8.22. The zero-order valence-electron chi connectivity index (χ0n) is 14.9. The Kier molecular flexibility index (Phi) is 4.22. The maximum Gasteiger partial charge on any atom is 0.339 e. The van der Waals surface area contributed by atoms with E-state index in [1.165, 1.54) is 0 Å². The molecule has 0 spiro atoms. The van der Waals surface area contributed by atoms with Crippen LogP contribution in [0.4, 0.5) is 5.69 Å². The van der Waals surface area contributed by atoms with Crippen molar-refractivity contribution in [2.45, 2.75) is 45.4 Å². The summed E-state index contributed by atoms with van der Waals surface area (Å²) in [7, 11) is 1.74. The molecule has 2 heterocycles. The topological polar surface area (TPSA) is 51.7 Å². The van der Waals surface area contributed by atoms with Crippen molar-refractivity contribution in [1.82, 2.24) is 4.98 Å².